The molecule has 1 aromatic rings. The second-order valence-corrected chi connectivity index (χ2v) is 9.16. The van der Waals surface area contributed by atoms with Crippen LogP contribution in [0.2, 0.25) is 0 Å². The summed E-state index contributed by atoms with van der Waals surface area (Å²) >= 11 is 0. The molecule has 6 unspecified atom stereocenters. The fraction of sp³-hybridized carbons (Fsp3) is 0.636. The largest absolute Gasteiger partial charge is 0.508 e. The Labute approximate surface area is 155 Å². The fourth-order valence-electron chi connectivity index (χ4n) is 6.72. The molecule has 0 spiro atoms. The van der Waals surface area contributed by atoms with Crippen molar-refractivity contribution in [3.05, 3.63) is 36.2 Å². The van der Waals surface area contributed by atoms with Crippen molar-refractivity contribution in [2.24, 2.45) is 28.6 Å². The molecule has 5 rings (SSSR count). The average Bonchev–Trinajstić information content (AvgIpc) is 3.00. The minimum absolute atomic E-state index is 0.0292. The summed E-state index contributed by atoms with van der Waals surface area (Å²) < 4.78 is 10.9. The molecular weight excluding hydrogens is 326 g/mol. The van der Waals surface area contributed by atoms with Gasteiger partial charge >= 0.3 is 6.16 Å². The predicted molar refractivity (Wildman–Crippen MR) is 98.2 cm³/mol. The molecule has 6 atom stereocenters. The van der Waals surface area contributed by atoms with Crippen molar-refractivity contribution in [3.8, 4) is 0 Å². The normalized spacial score (nSPS) is 44.1. The van der Waals surface area contributed by atoms with E-state index in [1.165, 1.54) is 24.0 Å². The van der Waals surface area contributed by atoms with Gasteiger partial charge in [-0.25, -0.2) is 4.79 Å². The van der Waals surface area contributed by atoms with E-state index in [1.807, 2.05) is 18.5 Å². The summed E-state index contributed by atoms with van der Waals surface area (Å²) in [5.74, 6) is 1.93. The first kappa shape index (κ1) is 16.3. The monoisotopic (exact) mass is 353 g/mol. The predicted octanol–water partition coefficient (Wildman–Crippen LogP) is 4.85. The Morgan fingerprint density at radius 2 is 2.08 bits per heavy atom. The van der Waals surface area contributed by atoms with E-state index < -0.39 is 6.16 Å². The SMILES string of the molecule is CC12CCC3C(CCC4OC(=O)OCC43C)C1CC=C2c1cccnc1. The van der Waals surface area contributed by atoms with Crippen LogP contribution in [0, 0.1) is 28.6 Å². The molecule has 2 heterocycles. The smallest absolute Gasteiger partial charge is 0.434 e. The van der Waals surface area contributed by atoms with Gasteiger partial charge in [-0.1, -0.05) is 26.0 Å². The standard InChI is InChI=1S/C22H27NO3/c1-21-10-9-18-15(5-8-19-22(18,2)13-25-20(24)26-19)17(21)7-6-16(21)14-4-3-11-23-12-14/h3-4,6,11-12,15,17-19H,5,7-10,13H2,1-2H3. The van der Waals surface area contributed by atoms with Crippen LogP contribution in [0.1, 0.15) is 51.5 Å². The molecule has 0 bridgehead atoms. The van der Waals surface area contributed by atoms with Crippen LogP contribution >= 0.6 is 0 Å². The van der Waals surface area contributed by atoms with Crippen LogP contribution in [0.15, 0.2) is 30.6 Å². The number of fused-ring (bicyclic) bond motifs is 5. The molecule has 4 heteroatoms. The Hall–Kier alpha value is -1.84. The molecule has 3 fully saturated rings. The van der Waals surface area contributed by atoms with Crippen LogP contribution in [0.3, 0.4) is 0 Å². The van der Waals surface area contributed by atoms with E-state index in [0.29, 0.717) is 24.4 Å². The number of hydrogen-bond acceptors (Lipinski definition) is 4. The number of carbonyl (C=O) groups is 1. The summed E-state index contributed by atoms with van der Waals surface area (Å²) in [5.41, 5.74) is 2.98. The first-order chi connectivity index (χ1) is 12.5. The van der Waals surface area contributed by atoms with Crippen LogP contribution < -0.4 is 0 Å². The number of ether oxygens (including phenoxy) is 2. The van der Waals surface area contributed by atoms with Crippen LogP contribution in [-0.2, 0) is 9.47 Å². The highest BCUT2D eigenvalue weighted by Gasteiger charge is 2.60. The number of pyridine rings is 1. The molecule has 0 N–H and O–H groups in total. The fourth-order valence-corrected chi connectivity index (χ4v) is 6.72. The van der Waals surface area contributed by atoms with Crippen molar-refractivity contribution in [2.45, 2.75) is 52.1 Å². The first-order valence-electron chi connectivity index (χ1n) is 9.97. The van der Waals surface area contributed by atoms with Crippen LogP contribution in [-0.4, -0.2) is 23.9 Å². The number of allylic oxidation sites excluding steroid dienone is 2. The lowest BCUT2D eigenvalue weighted by molar-refractivity contribution is -0.179. The number of aromatic nitrogens is 1. The second kappa shape index (κ2) is 5.58. The molecular formula is C22H27NO3. The molecule has 4 aliphatic rings. The van der Waals surface area contributed by atoms with Gasteiger partial charge in [0.15, 0.2) is 0 Å². The Morgan fingerprint density at radius 1 is 1.19 bits per heavy atom. The first-order valence-corrected chi connectivity index (χ1v) is 9.97. The third-order valence-corrected chi connectivity index (χ3v) is 8.07. The zero-order valence-electron chi connectivity index (χ0n) is 15.6. The van der Waals surface area contributed by atoms with E-state index in [0.717, 1.165) is 19.3 Å². The Kier molecular flexibility index (Phi) is 3.51. The molecule has 1 aromatic heterocycles. The van der Waals surface area contributed by atoms with Gasteiger partial charge < -0.3 is 9.47 Å². The zero-order chi connectivity index (χ0) is 17.9. The Morgan fingerprint density at radius 3 is 2.88 bits per heavy atom. The number of carbonyl (C=O) groups excluding carboxylic acids is 1. The maximum Gasteiger partial charge on any atom is 0.508 e. The molecule has 138 valence electrons. The Bertz CT molecular complexity index is 760. The molecule has 4 nitrogen and oxygen atoms in total. The van der Waals surface area contributed by atoms with Crippen molar-refractivity contribution in [1.29, 1.82) is 0 Å². The quantitative estimate of drug-likeness (QED) is 0.677. The lowest BCUT2D eigenvalue weighted by Gasteiger charge is -2.58. The highest BCUT2D eigenvalue weighted by molar-refractivity contribution is 5.72. The highest BCUT2D eigenvalue weighted by atomic mass is 16.7. The summed E-state index contributed by atoms with van der Waals surface area (Å²) in [6.07, 6.45) is 11.5. The van der Waals surface area contributed by atoms with Gasteiger partial charge in [-0.15, -0.1) is 0 Å². The van der Waals surface area contributed by atoms with Crippen LogP contribution in [0.4, 0.5) is 4.79 Å². The third-order valence-electron chi connectivity index (χ3n) is 8.07. The molecule has 3 aliphatic carbocycles. The molecule has 0 amide bonds. The minimum Gasteiger partial charge on any atom is -0.434 e. The highest BCUT2D eigenvalue weighted by Crippen LogP contribution is 2.65. The lowest BCUT2D eigenvalue weighted by Crippen LogP contribution is -2.58. The molecule has 0 aromatic carbocycles. The summed E-state index contributed by atoms with van der Waals surface area (Å²) in [6, 6.07) is 4.24. The van der Waals surface area contributed by atoms with Crippen molar-refractivity contribution in [1.82, 2.24) is 4.98 Å². The van der Waals surface area contributed by atoms with E-state index in [9.17, 15) is 4.79 Å². The van der Waals surface area contributed by atoms with E-state index in [4.69, 9.17) is 9.47 Å². The van der Waals surface area contributed by atoms with Crippen molar-refractivity contribution in [3.63, 3.8) is 0 Å². The number of rotatable bonds is 1. The summed E-state index contributed by atoms with van der Waals surface area (Å²) in [4.78, 5) is 15.9. The summed E-state index contributed by atoms with van der Waals surface area (Å²) in [7, 11) is 0. The van der Waals surface area contributed by atoms with Crippen molar-refractivity contribution >= 4 is 11.7 Å². The summed E-state index contributed by atoms with van der Waals surface area (Å²) in [5, 5.41) is 0. The van der Waals surface area contributed by atoms with E-state index in [-0.39, 0.29) is 16.9 Å². The van der Waals surface area contributed by atoms with Gasteiger partial charge in [0.05, 0.1) is 0 Å². The third kappa shape index (κ3) is 2.14. The molecule has 1 aliphatic heterocycles. The number of hydrogen-bond donors (Lipinski definition) is 0. The van der Waals surface area contributed by atoms with Gasteiger partial charge in [0, 0.05) is 17.8 Å². The minimum atomic E-state index is -0.479. The Balaban J connectivity index is 1.45. The van der Waals surface area contributed by atoms with Gasteiger partial charge in [0.25, 0.3) is 0 Å². The van der Waals surface area contributed by atoms with E-state index >= 15 is 0 Å². The van der Waals surface area contributed by atoms with Gasteiger partial charge in [-0.05, 0) is 72.5 Å². The maximum absolute atomic E-state index is 11.6. The van der Waals surface area contributed by atoms with Gasteiger partial charge in [-0.2, -0.15) is 0 Å². The van der Waals surface area contributed by atoms with Crippen molar-refractivity contribution in [2.75, 3.05) is 6.61 Å². The molecule has 0 radical (unpaired) electrons. The van der Waals surface area contributed by atoms with Crippen LogP contribution in [0.5, 0.6) is 0 Å². The van der Waals surface area contributed by atoms with Crippen LogP contribution in [0.25, 0.3) is 5.57 Å². The topological polar surface area (TPSA) is 48.4 Å². The summed E-state index contributed by atoms with van der Waals surface area (Å²) in [6.45, 7) is 5.27. The average molecular weight is 353 g/mol. The van der Waals surface area contributed by atoms with Gasteiger partial charge in [0.2, 0.25) is 0 Å². The van der Waals surface area contributed by atoms with Crippen molar-refractivity contribution < 1.29 is 14.3 Å². The number of nitrogens with zero attached hydrogens (tertiary/aromatic N) is 1. The molecule has 2 saturated carbocycles. The van der Waals surface area contributed by atoms with E-state index in [2.05, 4.69) is 31.0 Å². The maximum atomic E-state index is 11.6. The zero-order valence-corrected chi connectivity index (χ0v) is 15.6. The molecule has 26 heavy (non-hydrogen) atoms. The number of cyclic esters (lactones) is 1. The lowest BCUT2D eigenvalue weighted by atomic mass is 9.48. The second-order valence-electron chi connectivity index (χ2n) is 9.16. The van der Waals surface area contributed by atoms with E-state index in [1.54, 1.807) is 0 Å². The molecule has 1 saturated heterocycles. The van der Waals surface area contributed by atoms with Gasteiger partial charge in [0.1, 0.15) is 12.7 Å². The van der Waals surface area contributed by atoms with Gasteiger partial charge in [-0.3, -0.25) is 4.98 Å².